The first-order valence-electron chi connectivity index (χ1n) is 18.0. The first kappa shape index (κ1) is 27.9. The van der Waals surface area contributed by atoms with Crippen LogP contribution >= 0.6 is 0 Å². The molecule has 0 spiro atoms. The van der Waals surface area contributed by atoms with Crippen molar-refractivity contribution in [1.82, 2.24) is 9.13 Å². The highest BCUT2D eigenvalue weighted by Gasteiger charge is 2.26. The maximum atomic E-state index is 2.53. The van der Waals surface area contributed by atoms with Gasteiger partial charge in [0.2, 0.25) is 0 Å². The van der Waals surface area contributed by atoms with Gasteiger partial charge in [0.1, 0.15) is 0 Å². The van der Waals surface area contributed by atoms with Gasteiger partial charge < -0.3 is 9.13 Å². The van der Waals surface area contributed by atoms with E-state index >= 15 is 0 Å². The Bertz CT molecular complexity index is 3260. The van der Waals surface area contributed by atoms with Crippen molar-refractivity contribution < 1.29 is 0 Å². The van der Waals surface area contributed by atoms with Crippen molar-refractivity contribution in [1.29, 1.82) is 0 Å². The molecule has 0 saturated carbocycles. The summed E-state index contributed by atoms with van der Waals surface area (Å²) in [4.78, 5) is 0. The number of fused-ring (bicyclic) bond motifs is 12. The molecule has 0 N–H and O–H groups in total. The summed E-state index contributed by atoms with van der Waals surface area (Å²) >= 11 is 0. The van der Waals surface area contributed by atoms with Crippen molar-refractivity contribution in [2.75, 3.05) is 0 Å². The van der Waals surface area contributed by atoms with Crippen molar-refractivity contribution in [3.8, 4) is 44.8 Å². The van der Waals surface area contributed by atoms with E-state index in [0.29, 0.717) is 0 Å². The van der Waals surface area contributed by atoms with Gasteiger partial charge in [-0.1, -0.05) is 146 Å². The van der Waals surface area contributed by atoms with Crippen LogP contribution in [-0.2, 0) is 0 Å². The van der Waals surface area contributed by atoms with Crippen molar-refractivity contribution >= 4 is 65.2 Å². The maximum absolute atomic E-state index is 2.53. The molecule has 0 atom stereocenters. The third-order valence-corrected chi connectivity index (χ3v) is 11.4. The SMILES string of the molecule is c1ccc(-c2cccc(-n3c4ccccc4c4ccc5c(c6c7ccccc7ccc6n5-c5ccc6c7c(cccc57)-c5ccccc5-6)c43)c2)cc1. The number of benzene rings is 9. The zero-order valence-electron chi connectivity index (χ0n) is 28.2. The smallest absolute Gasteiger partial charge is 0.0641 e. The molecule has 12 rings (SSSR count). The number of aromatic nitrogens is 2. The molecule has 0 amide bonds. The van der Waals surface area contributed by atoms with Gasteiger partial charge in [0.05, 0.1) is 27.8 Å². The van der Waals surface area contributed by atoms with E-state index in [1.54, 1.807) is 0 Å². The maximum Gasteiger partial charge on any atom is 0.0641 e. The largest absolute Gasteiger partial charge is 0.309 e. The molecule has 0 saturated heterocycles. The van der Waals surface area contributed by atoms with Crippen LogP contribution in [0, 0.1) is 0 Å². The minimum absolute atomic E-state index is 1.16. The van der Waals surface area contributed by atoms with E-state index in [2.05, 4.69) is 191 Å². The molecule has 240 valence electrons. The minimum atomic E-state index is 1.16. The second-order valence-electron chi connectivity index (χ2n) is 14.0. The molecule has 9 aromatic carbocycles. The second-order valence-corrected chi connectivity index (χ2v) is 14.0. The van der Waals surface area contributed by atoms with Gasteiger partial charge in [0.25, 0.3) is 0 Å². The fourth-order valence-corrected chi connectivity index (χ4v) is 9.29. The summed E-state index contributed by atoms with van der Waals surface area (Å²) in [5, 5.41) is 10.2. The summed E-state index contributed by atoms with van der Waals surface area (Å²) in [7, 11) is 0. The van der Waals surface area contributed by atoms with Crippen molar-refractivity contribution in [3.63, 3.8) is 0 Å². The van der Waals surface area contributed by atoms with E-state index in [-0.39, 0.29) is 0 Å². The first-order valence-corrected chi connectivity index (χ1v) is 18.0. The number of hydrogen-bond donors (Lipinski definition) is 0. The Labute approximate surface area is 300 Å². The van der Waals surface area contributed by atoms with E-state index < -0.39 is 0 Å². The summed E-state index contributed by atoms with van der Waals surface area (Å²) in [6, 6.07) is 67.2. The molecule has 2 heteroatoms. The molecule has 2 heterocycles. The molecule has 1 aliphatic rings. The van der Waals surface area contributed by atoms with Crippen LogP contribution in [0.2, 0.25) is 0 Å². The van der Waals surface area contributed by atoms with Gasteiger partial charge in [0.15, 0.2) is 0 Å². The lowest BCUT2D eigenvalue weighted by Gasteiger charge is -2.14. The van der Waals surface area contributed by atoms with Gasteiger partial charge >= 0.3 is 0 Å². The number of nitrogens with zero attached hydrogens (tertiary/aromatic N) is 2. The predicted molar refractivity (Wildman–Crippen MR) is 220 cm³/mol. The monoisotopic (exact) mass is 658 g/mol. The Morgan fingerprint density at radius 1 is 0.308 bits per heavy atom. The van der Waals surface area contributed by atoms with E-state index in [9.17, 15) is 0 Å². The number of hydrogen-bond acceptors (Lipinski definition) is 0. The van der Waals surface area contributed by atoms with Crippen LogP contribution in [0.4, 0.5) is 0 Å². The number of rotatable bonds is 3. The van der Waals surface area contributed by atoms with Gasteiger partial charge in [-0.25, -0.2) is 0 Å². The molecule has 0 fully saturated rings. The quantitative estimate of drug-likeness (QED) is 0.179. The first-order chi connectivity index (χ1) is 25.8. The summed E-state index contributed by atoms with van der Waals surface area (Å²) in [5.74, 6) is 0. The normalized spacial score (nSPS) is 12.2. The highest BCUT2D eigenvalue weighted by molar-refractivity contribution is 6.31. The third kappa shape index (κ3) is 3.63. The van der Waals surface area contributed by atoms with Crippen molar-refractivity contribution in [2.24, 2.45) is 0 Å². The molecular weight excluding hydrogens is 629 g/mol. The van der Waals surface area contributed by atoms with Gasteiger partial charge in [-0.05, 0) is 85.9 Å². The van der Waals surface area contributed by atoms with E-state index in [4.69, 9.17) is 0 Å². The molecule has 2 aromatic heterocycles. The molecule has 0 unspecified atom stereocenters. The van der Waals surface area contributed by atoms with Crippen molar-refractivity contribution in [2.45, 2.75) is 0 Å². The summed E-state index contributed by atoms with van der Waals surface area (Å²) < 4.78 is 5.04. The topological polar surface area (TPSA) is 9.86 Å². The van der Waals surface area contributed by atoms with Gasteiger partial charge in [-0.2, -0.15) is 0 Å². The summed E-state index contributed by atoms with van der Waals surface area (Å²) in [5.41, 5.74) is 14.9. The lowest BCUT2D eigenvalue weighted by molar-refractivity contribution is 1.18. The highest BCUT2D eigenvalue weighted by Crippen LogP contribution is 2.50. The van der Waals surface area contributed by atoms with Crippen LogP contribution in [0.5, 0.6) is 0 Å². The molecule has 0 aliphatic heterocycles. The van der Waals surface area contributed by atoms with Crippen LogP contribution in [0.25, 0.3) is 110 Å². The lowest BCUT2D eigenvalue weighted by atomic mass is 10.0. The molecule has 0 radical (unpaired) electrons. The molecular formula is C50H30N2. The van der Waals surface area contributed by atoms with Crippen LogP contribution in [-0.4, -0.2) is 9.13 Å². The van der Waals surface area contributed by atoms with Gasteiger partial charge in [0, 0.05) is 32.6 Å². The van der Waals surface area contributed by atoms with E-state index in [1.165, 1.54) is 104 Å². The second kappa shape index (κ2) is 10.3. The fraction of sp³-hybridized carbons (Fsp3) is 0. The Kier molecular flexibility index (Phi) is 5.53. The Balaban J connectivity index is 1.26. The Morgan fingerprint density at radius 2 is 0.962 bits per heavy atom. The van der Waals surface area contributed by atoms with Crippen LogP contribution in [0.1, 0.15) is 0 Å². The molecule has 0 bridgehead atoms. The van der Waals surface area contributed by atoms with E-state index in [1.807, 2.05) is 0 Å². The Hall–Kier alpha value is -6.90. The Morgan fingerprint density at radius 3 is 1.85 bits per heavy atom. The summed E-state index contributed by atoms with van der Waals surface area (Å²) in [6.07, 6.45) is 0. The molecule has 2 nitrogen and oxygen atoms in total. The van der Waals surface area contributed by atoms with Crippen LogP contribution in [0.3, 0.4) is 0 Å². The zero-order chi connectivity index (χ0) is 33.9. The number of para-hydroxylation sites is 1. The molecule has 1 aliphatic carbocycles. The van der Waals surface area contributed by atoms with E-state index in [0.717, 1.165) is 5.69 Å². The predicted octanol–water partition coefficient (Wildman–Crippen LogP) is 13.5. The van der Waals surface area contributed by atoms with Crippen LogP contribution in [0.15, 0.2) is 182 Å². The lowest BCUT2D eigenvalue weighted by Crippen LogP contribution is -1.97. The average Bonchev–Trinajstić information content (AvgIpc) is 3.85. The van der Waals surface area contributed by atoms with Gasteiger partial charge in [-0.15, -0.1) is 0 Å². The molecule has 11 aromatic rings. The molecule has 52 heavy (non-hydrogen) atoms. The minimum Gasteiger partial charge on any atom is -0.309 e. The summed E-state index contributed by atoms with van der Waals surface area (Å²) in [6.45, 7) is 0. The van der Waals surface area contributed by atoms with Crippen molar-refractivity contribution in [3.05, 3.63) is 182 Å². The zero-order valence-corrected chi connectivity index (χ0v) is 28.2. The highest BCUT2D eigenvalue weighted by atomic mass is 15.0. The fourth-order valence-electron chi connectivity index (χ4n) is 9.29. The van der Waals surface area contributed by atoms with Crippen LogP contribution < -0.4 is 0 Å². The van der Waals surface area contributed by atoms with Gasteiger partial charge in [-0.3, -0.25) is 0 Å². The average molecular weight is 659 g/mol. The third-order valence-electron chi connectivity index (χ3n) is 11.4. The standard InChI is InChI=1S/C50H30N2/c1-2-12-31(13-3-1)33-15-10-16-34(30-33)51-43-23-9-8-20-38(43)41-26-29-46-49(50(41)51)48-35-17-5-4-14-32(35)24-27-45(48)52(46)44-28-25-40-37-19-7-6-18-36(37)39-21-11-22-42(44)47(39)40/h1-30H.